The number of nitrogens with one attached hydrogen (secondary N) is 2. The van der Waals surface area contributed by atoms with Crippen molar-refractivity contribution in [3.8, 4) is 0 Å². The van der Waals surface area contributed by atoms with E-state index >= 15 is 0 Å². The summed E-state index contributed by atoms with van der Waals surface area (Å²) in [6.07, 6.45) is 3.30. The number of benzene rings is 3. The van der Waals surface area contributed by atoms with Gasteiger partial charge < -0.3 is 15.2 Å². The summed E-state index contributed by atoms with van der Waals surface area (Å²) in [6.45, 7) is 0.866. The molecule has 0 saturated heterocycles. The van der Waals surface area contributed by atoms with E-state index in [-0.39, 0.29) is 11.8 Å². The molecule has 3 aromatic carbocycles. The number of halogens is 2. The highest BCUT2D eigenvalue weighted by molar-refractivity contribution is 6.31. The molecule has 0 radical (unpaired) electrons. The summed E-state index contributed by atoms with van der Waals surface area (Å²) in [5, 5.41) is 6.87. The van der Waals surface area contributed by atoms with Gasteiger partial charge in [-0.25, -0.2) is 4.98 Å². The van der Waals surface area contributed by atoms with Crippen LogP contribution in [0.4, 0.5) is 5.69 Å². The number of hydrogen-bond donors (Lipinski definition) is 2. The summed E-state index contributed by atoms with van der Waals surface area (Å²) in [5.74, 6) is -0.476. The van der Waals surface area contributed by atoms with Crippen LogP contribution < -0.4 is 10.6 Å². The molecular formula is C25H20Cl2N4O2. The minimum absolute atomic E-state index is 0.207. The highest BCUT2D eigenvalue weighted by Gasteiger charge is 2.11. The summed E-state index contributed by atoms with van der Waals surface area (Å²) >= 11 is 12.0. The van der Waals surface area contributed by atoms with Gasteiger partial charge in [-0.15, -0.1) is 0 Å². The second-order valence-corrected chi connectivity index (χ2v) is 8.21. The second kappa shape index (κ2) is 10.3. The Morgan fingerprint density at radius 3 is 2.33 bits per heavy atom. The number of aromatic nitrogens is 2. The first kappa shape index (κ1) is 22.6. The number of carbonyl (C=O) groups is 2. The van der Waals surface area contributed by atoms with Gasteiger partial charge in [-0.3, -0.25) is 9.59 Å². The predicted octanol–water partition coefficient (Wildman–Crippen LogP) is 5.42. The zero-order chi connectivity index (χ0) is 23.2. The predicted molar refractivity (Wildman–Crippen MR) is 130 cm³/mol. The molecule has 0 atom stereocenters. The third kappa shape index (κ3) is 6.00. The lowest BCUT2D eigenvalue weighted by atomic mass is 10.2. The zero-order valence-electron chi connectivity index (χ0n) is 17.5. The molecule has 4 rings (SSSR count). The van der Waals surface area contributed by atoms with Crippen LogP contribution in [0, 0.1) is 0 Å². The number of anilines is 1. The molecule has 2 amide bonds. The lowest BCUT2D eigenvalue weighted by Gasteiger charge is -2.07. The number of nitrogens with zero attached hydrogens (tertiary/aromatic N) is 2. The van der Waals surface area contributed by atoms with Crippen molar-refractivity contribution < 1.29 is 9.59 Å². The van der Waals surface area contributed by atoms with Gasteiger partial charge in [-0.2, -0.15) is 0 Å². The van der Waals surface area contributed by atoms with Crippen molar-refractivity contribution in [3.05, 3.63) is 118 Å². The van der Waals surface area contributed by atoms with E-state index in [4.69, 9.17) is 23.2 Å². The first-order chi connectivity index (χ1) is 16.0. The topological polar surface area (TPSA) is 76.0 Å². The minimum Gasteiger partial charge on any atom is -0.347 e. The first-order valence-electron chi connectivity index (χ1n) is 10.2. The monoisotopic (exact) mass is 478 g/mol. The van der Waals surface area contributed by atoms with Crippen LogP contribution in [0.2, 0.25) is 10.0 Å². The summed E-state index contributed by atoms with van der Waals surface area (Å²) in [6, 6.07) is 21.5. The van der Waals surface area contributed by atoms with Gasteiger partial charge in [0.15, 0.2) is 0 Å². The van der Waals surface area contributed by atoms with Crippen LogP contribution in [0.1, 0.15) is 32.0 Å². The quantitative estimate of drug-likeness (QED) is 0.372. The van der Waals surface area contributed by atoms with Gasteiger partial charge in [0, 0.05) is 40.6 Å². The largest absolute Gasteiger partial charge is 0.347 e. The molecule has 0 aliphatic carbocycles. The summed E-state index contributed by atoms with van der Waals surface area (Å²) < 4.78 is 1.83. The number of carbonyl (C=O) groups excluding carboxylic acids is 2. The Kier molecular flexibility index (Phi) is 7.07. The number of amides is 2. The maximum atomic E-state index is 12.4. The first-order valence-corrected chi connectivity index (χ1v) is 10.9. The van der Waals surface area contributed by atoms with Crippen LogP contribution in [0.15, 0.2) is 85.3 Å². The third-order valence-corrected chi connectivity index (χ3v) is 5.57. The average molecular weight is 479 g/mol. The van der Waals surface area contributed by atoms with Crippen LogP contribution in [-0.4, -0.2) is 21.4 Å². The van der Waals surface area contributed by atoms with E-state index < -0.39 is 0 Å². The van der Waals surface area contributed by atoms with Crippen molar-refractivity contribution in [2.45, 2.75) is 13.1 Å². The molecular weight excluding hydrogens is 459 g/mol. The van der Waals surface area contributed by atoms with Crippen LogP contribution >= 0.6 is 23.2 Å². The minimum atomic E-state index is -0.270. The Morgan fingerprint density at radius 2 is 1.61 bits per heavy atom. The van der Waals surface area contributed by atoms with E-state index in [1.54, 1.807) is 42.9 Å². The van der Waals surface area contributed by atoms with Gasteiger partial charge in [0.25, 0.3) is 11.8 Å². The van der Waals surface area contributed by atoms with Crippen molar-refractivity contribution in [1.82, 2.24) is 14.9 Å². The lowest BCUT2D eigenvalue weighted by Crippen LogP contribution is -2.23. The molecule has 4 aromatic rings. The maximum absolute atomic E-state index is 12.4. The standard InChI is InChI=1S/C25H20Cl2N4O2/c26-20-9-7-18(8-10-20)24(32)30-21-11-5-17(6-12-21)14-31-15-23(29-16-31)25(33)28-13-19-3-1-2-4-22(19)27/h1-12,15-16H,13-14H2,(H,28,33)(H,30,32). The van der Waals surface area contributed by atoms with Gasteiger partial charge in [-0.05, 0) is 53.6 Å². The maximum Gasteiger partial charge on any atom is 0.271 e. The second-order valence-electron chi connectivity index (χ2n) is 7.36. The number of rotatable bonds is 7. The number of hydrogen-bond acceptors (Lipinski definition) is 3. The average Bonchev–Trinajstić information content (AvgIpc) is 3.28. The fourth-order valence-corrected chi connectivity index (χ4v) is 3.51. The van der Waals surface area contributed by atoms with E-state index in [9.17, 15) is 9.59 Å². The molecule has 0 aliphatic rings. The van der Waals surface area contributed by atoms with Crippen LogP contribution in [0.3, 0.4) is 0 Å². The normalized spacial score (nSPS) is 10.6. The molecule has 0 aliphatic heterocycles. The van der Waals surface area contributed by atoms with Crippen LogP contribution in [-0.2, 0) is 13.1 Å². The highest BCUT2D eigenvalue weighted by atomic mass is 35.5. The smallest absolute Gasteiger partial charge is 0.271 e. The fourth-order valence-electron chi connectivity index (χ4n) is 3.18. The van der Waals surface area contributed by atoms with Gasteiger partial charge in [-0.1, -0.05) is 53.5 Å². The summed E-state index contributed by atoms with van der Waals surface area (Å²) in [5.41, 5.74) is 3.38. The Bertz CT molecular complexity index is 1270. The van der Waals surface area contributed by atoms with Gasteiger partial charge in [0.05, 0.1) is 6.33 Å². The SMILES string of the molecule is O=C(Nc1ccc(Cn2cnc(C(=O)NCc3ccccc3Cl)c2)cc1)c1ccc(Cl)cc1. The summed E-state index contributed by atoms with van der Waals surface area (Å²) in [4.78, 5) is 28.9. The molecule has 6 nitrogen and oxygen atoms in total. The Hall–Kier alpha value is -3.61. The molecule has 0 unspecified atom stereocenters. The molecule has 2 N–H and O–H groups in total. The molecule has 0 bridgehead atoms. The van der Waals surface area contributed by atoms with Gasteiger partial charge >= 0.3 is 0 Å². The van der Waals surface area contributed by atoms with E-state index in [0.29, 0.717) is 40.1 Å². The van der Waals surface area contributed by atoms with E-state index in [0.717, 1.165) is 11.1 Å². The Balaban J connectivity index is 1.32. The third-order valence-electron chi connectivity index (χ3n) is 4.95. The lowest BCUT2D eigenvalue weighted by molar-refractivity contribution is 0.0945. The molecule has 1 aromatic heterocycles. The van der Waals surface area contributed by atoms with E-state index in [2.05, 4.69) is 15.6 Å². The van der Waals surface area contributed by atoms with E-state index in [1.165, 1.54) is 0 Å². The fraction of sp³-hybridized carbons (Fsp3) is 0.0800. The van der Waals surface area contributed by atoms with Crippen LogP contribution in [0.25, 0.3) is 0 Å². The van der Waals surface area contributed by atoms with Crippen molar-refractivity contribution >= 4 is 40.7 Å². The van der Waals surface area contributed by atoms with Crippen molar-refractivity contribution in [2.24, 2.45) is 0 Å². The zero-order valence-corrected chi connectivity index (χ0v) is 19.0. The Labute approximate surface area is 201 Å². The molecule has 166 valence electrons. The van der Waals surface area contributed by atoms with Crippen molar-refractivity contribution in [2.75, 3.05) is 5.32 Å². The van der Waals surface area contributed by atoms with Crippen LogP contribution in [0.5, 0.6) is 0 Å². The molecule has 0 spiro atoms. The number of imidazole rings is 1. The molecule has 8 heteroatoms. The van der Waals surface area contributed by atoms with E-state index in [1.807, 2.05) is 47.0 Å². The Morgan fingerprint density at radius 1 is 0.879 bits per heavy atom. The molecule has 1 heterocycles. The van der Waals surface area contributed by atoms with Gasteiger partial charge in [0.1, 0.15) is 5.69 Å². The van der Waals surface area contributed by atoms with Gasteiger partial charge in [0.2, 0.25) is 0 Å². The van der Waals surface area contributed by atoms with Crippen molar-refractivity contribution in [3.63, 3.8) is 0 Å². The van der Waals surface area contributed by atoms with Crippen molar-refractivity contribution in [1.29, 1.82) is 0 Å². The summed E-state index contributed by atoms with van der Waals surface area (Å²) in [7, 11) is 0. The molecule has 0 fully saturated rings. The molecule has 0 saturated carbocycles. The highest BCUT2D eigenvalue weighted by Crippen LogP contribution is 2.16. The molecule has 33 heavy (non-hydrogen) atoms.